The maximum Gasteiger partial charge on any atom is 0.352 e. The predicted molar refractivity (Wildman–Crippen MR) is 152 cm³/mol. The van der Waals surface area contributed by atoms with Gasteiger partial charge in [0.1, 0.15) is 35.0 Å². The van der Waals surface area contributed by atoms with Gasteiger partial charge in [0, 0.05) is 30.1 Å². The normalized spacial score (nSPS) is 18.6. The van der Waals surface area contributed by atoms with Crippen LogP contribution in [0.2, 0.25) is 0 Å². The fourth-order valence-corrected chi connectivity index (χ4v) is 6.42. The molecule has 1 saturated heterocycles. The number of amides is 2. The number of esters is 1. The quantitative estimate of drug-likeness (QED) is 0.269. The summed E-state index contributed by atoms with van der Waals surface area (Å²) >= 11 is 1.23. The minimum absolute atomic E-state index is 0.0239. The molecule has 0 bridgehead atoms. The lowest BCUT2D eigenvalue weighted by Gasteiger charge is -2.49. The number of nitrogens with one attached hydrogen (secondary N) is 1. The summed E-state index contributed by atoms with van der Waals surface area (Å²) < 4.78 is 23.3. The van der Waals surface area contributed by atoms with Crippen molar-refractivity contribution in [3.63, 3.8) is 0 Å². The first-order chi connectivity index (χ1) is 20.8. The van der Waals surface area contributed by atoms with Crippen LogP contribution in [-0.2, 0) is 25.7 Å². The topological polar surface area (TPSA) is 163 Å². The third kappa shape index (κ3) is 5.14. The summed E-state index contributed by atoms with van der Waals surface area (Å²) in [7, 11) is 0. The van der Waals surface area contributed by atoms with Crippen LogP contribution in [-0.4, -0.2) is 75.5 Å². The van der Waals surface area contributed by atoms with Crippen molar-refractivity contribution in [1.82, 2.24) is 14.8 Å². The Balaban J connectivity index is 1.15. The number of aromatic nitrogens is 1. The van der Waals surface area contributed by atoms with Crippen LogP contribution >= 0.6 is 11.8 Å². The summed E-state index contributed by atoms with van der Waals surface area (Å²) in [4.78, 5) is 64.9. The molecule has 1 unspecified atom stereocenters. The van der Waals surface area contributed by atoms with E-state index in [1.165, 1.54) is 24.0 Å². The highest BCUT2D eigenvalue weighted by atomic mass is 32.2. The van der Waals surface area contributed by atoms with E-state index in [1.807, 2.05) is 6.92 Å². The zero-order valence-electron chi connectivity index (χ0n) is 22.7. The molecule has 43 heavy (non-hydrogen) atoms. The maximum absolute atomic E-state index is 13.2. The lowest BCUT2D eigenvalue weighted by atomic mass is 10.0. The molecule has 13 nitrogen and oxygen atoms in total. The minimum atomic E-state index is -1.38. The molecule has 222 valence electrons. The van der Waals surface area contributed by atoms with Gasteiger partial charge >= 0.3 is 11.9 Å². The Kier molecular flexibility index (Phi) is 7.44. The molecule has 1 aromatic heterocycles. The van der Waals surface area contributed by atoms with Gasteiger partial charge in [0.15, 0.2) is 18.1 Å². The lowest BCUT2D eigenvalue weighted by Crippen LogP contribution is -2.71. The van der Waals surface area contributed by atoms with E-state index < -0.39 is 47.2 Å². The van der Waals surface area contributed by atoms with Crippen LogP contribution < -0.4 is 25.0 Å². The van der Waals surface area contributed by atoms with Crippen molar-refractivity contribution < 1.29 is 43.2 Å². The first-order valence-electron chi connectivity index (χ1n) is 13.3. The first-order valence-corrected chi connectivity index (χ1v) is 14.3. The lowest BCUT2D eigenvalue weighted by molar-refractivity contribution is -0.151. The van der Waals surface area contributed by atoms with E-state index in [-0.39, 0.29) is 41.4 Å². The van der Waals surface area contributed by atoms with Crippen LogP contribution in [0.3, 0.4) is 0 Å². The van der Waals surface area contributed by atoms with Gasteiger partial charge in [-0.3, -0.25) is 19.3 Å². The Morgan fingerprint density at radius 2 is 1.86 bits per heavy atom. The predicted octanol–water partition coefficient (Wildman–Crippen LogP) is 1.72. The van der Waals surface area contributed by atoms with Crippen molar-refractivity contribution in [2.24, 2.45) is 0 Å². The zero-order chi connectivity index (χ0) is 30.2. The summed E-state index contributed by atoms with van der Waals surface area (Å²) in [5, 5.41) is 12.1. The average Bonchev–Trinajstić information content (AvgIpc) is 3.48. The number of aryl methyl sites for hydroxylation is 1. The second-order valence-electron chi connectivity index (χ2n) is 9.77. The second-order valence-corrected chi connectivity index (χ2v) is 10.9. The molecule has 14 heteroatoms. The Hall–Kier alpha value is -4.98. The molecule has 0 spiro atoms. The number of hydrogen-bond donors (Lipinski definition) is 2. The van der Waals surface area contributed by atoms with E-state index in [4.69, 9.17) is 18.9 Å². The summed E-state index contributed by atoms with van der Waals surface area (Å²) in [6.07, 6.45) is 1.39. The molecule has 4 heterocycles. The summed E-state index contributed by atoms with van der Waals surface area (Å²) in [5.41, 5.74) is -0.366. The zero-order valence-corrected chi connectivity index (χ0v) is 23.5. The first kappa shape index (κ1) is 28.2. The average molecular weight is 608 g/mol. The number of β-lactam (4-membered cyclic amide) rings is 1. The summed E-state index contributed by atoms with van der Waals surface area (Å²) in [5.74, 6) is -1.95. The highest BCUT2D eigenvalue weighted by Gasteiger charge is 2.54. The Labute approximate surface area is 247 Å². The number of carboxylic acids is 1. The largest absolute Gasteiger partial charge is 0.484 e. The van der Waals surface area contributed by atoms with Crippen LogP contribution in [0.5, 0.6) is 17.2 Å². The fraction of sp³-hybridized carbons (Fsp3) is 0.276. The third-order valence-electron chi connectivity index (χ3n) is 7.19. The van der Waals surface area contributed by atoms with Gasteiger partial charge in [0.2, 0.25) is 12.2 Å². The molecule has 0 radical (unpaired) electrons. The molecule has 6 rings (SSSR count). The molecule has 2 aromatic carbocycles. The van der Waals surface area contributed by atoms with E-state index in [0.29, 0.717) is 29.3 Å². The number of rotatable bonds is 9. The number of ether oxygens (including phenoxy) is 4. The van der Waals surface area contributed by atoms with Crippen molar-refractivity contribution in [1.29, 1.82) is 0 Å². The molecule has 2 amide bonds. The SMILES string of the molecule is CCn1cc(C(=O)OCC2=C(C(=O)O)N3C(=O)C(NC(=O)COc4ccccc4)[C@H]3SC2)c(=O)c2cc3c(cc21)OCO3. The molecule has 0 saturated carbocycles. The molecule has 0 aliphatic carbocycles. The van der Waals surface area contributed by atoms with Gasteiger partial charge in [-0.25, -0.2) is 9.59 Å². The molecule has 2 N–H and O–H groups in total. The molecule has 1 fully saturated rings. The summed E-state index contributed by atoms with van der Waals surface area (Å²) in [6, 6.07) is 11.0. The van der Waals surface area contributed by atoms with Crippen LogP contribution in [0.15, 0.2) is 64.7 Å². The number of para-hydroxylation sites is 1. The van der Waals surface area contributed by atoms with E-state index in [9.17, 15) is 29.1 Å². The highest BCUT2D eigenvalue weighted by molar-refractivity contribution is 8.00. The number of carbonyl (C=O) groups is 4. The van der Waals surface area contributed by atoms with Crippen LogP contribution in [0.4, 0.5) is 0 Å². The van der Waals surface area contributed by atoms with Crippen LogP contribution in [0.1, 0.15) is 17.3 Å². The standard InChI is InChI=1S/C29H25N3O10S/c1-2-31-10-18(25(34)17-8-20-21(9-19(17)31)42-14-41-20)29(38)40-11-15-13-43-27-23(26(35)32(27)24(15)28(36)37)30-22(33)12-39-16-6-4-3-5-7-16/h3-10,23,27H,2,11-14H2,1H3,(H,30,33)(H,36,37)/t23?,27-/m1/s1. The van der Waals surface area contributed by atoms with Gasteiger partial charge < -0.3 is 33.9 Å². The minimum Gasteiger partial charge on any atom is -0.484 e. The number of thioether (sulfide) groups is 1. The highest BCUT2D eigenvalue weighted by Crippen LogP contribution is 2.40. The van der Waals surface area contributed by atoms with E-state index in [2.05, 4.69) is 5.32 Å². The Bertz CT molecular complexity index is 1750. The van der Waals surface area contributed by atoms with Gasteiger partial charge in [-0.15, -0.1) is 11.8 Å². The number of nitrogens with zero attached hydrogens (tertiary/aromatic N) is 2. The molecular formula is C29H25N3O10S. The van der Waals surface area contributed by atoms with Crippen LogP contribution in [0, 0.1) is 0 Å². The Morgan fingerprint density at radius 3 is 2.58 bits per heavy atom. The molecule has 2 atom stereocenters. The second kappa shape index (κ2) is 11.4. The summed E-state index contributed by atoms with van der Waals surface area (Å²) in [6.45, 7) is 1.55. The molecule has 3 aliphatic heterocycles. The van der Waals surface area contributed by atoms with Gasteiger partial charge in [0.05, 0.1) is 10.9 Å². The maximum atomic E-state index is 13.2. The van der Waals surface area contributed by atoms with E-state index in [0.717, 1.165) is 4.90 Å². The number of hydrogen-bond acceptors (Lipinski definition) is 10. The molecule has 3 aliphatic rings. The number of carboxylic acid groups (broad SMARTS) is 1. The van der Waals surface area contributed by atoms with Gasteiger partial charge in [-0.2, -0.15) is 0 Å². The van der Waals surface area contributed by atoms with Crippen molar-refractivity contribution >= 4 is 46.4 Å². The van der Waals surface area contributed by atoms with E-state index >= 15 is 0 Å². The van der Waals surface area contributed by atoms with E-state index in [1.54, 1.807) is 41.0 Å². The molecule has 3 aromatic rings. The van der Waals surface area contributed by atoms with Crippen LogP contribution in [0.25, 0.3) is 10.9 Å². The number of aliphatic carboxylic acids is 1. The monoisotopic (exact) mass is 607 g/mol. The van der Waals surface area contributed by atoms with Gasteiger partial charge in [-0.05, 0) is 25.1 Å². The smallest absolute Gasteiger partial charge is 0.352 e. The number of benzene rings is 2. The van der Waals surface area contributed by atoms with Crippen molar-refractivity contribution in [3.05, 3.63) is 75.7 Å². The van der Waals surface area contributed by atoms with Crippen molar-refractivity contribution in [2.45, 2.75) is 24.9 Å². The number of fused-ring (bicyclic) bond motifs is 3. The third-order valence-corrected chi connectivity index (χ3v) is 8.53. The van der Waals surface area contributed by atoms with Gasteiger partial charge in [-0.1, -0.05) is 18.2 Å². The number of carbonyl (C=O) groups excluding carboxylic acids is 3. The number of pyridine rings is 1. The van der Waals surface area contributed by atoms with Crippen molar-refractivity contribution in [2.75, 3.05) is 25.8 Å². The molecular weight excluding hydrogens is 582 g/mol. The van der Waals surface area contributed by atoms with Gasteiger partial charge in [0.25, 0.3) is 11.8 Å². The van der Waals surface area contributed by atoms with Crippen molar-refractivity contribution in [3.8, 4) is 17.2 Å². The fourth-order valence-electron chi connectivity index (χ4n) is 5.09. The Morgan fingerprint density at radius 1 is 1.12 bits per heavy atom.